The molecule has 0 radical (unpaired) electrons. The van der Waals surface area contributed by atoms with Crippen LogP contribution in [0, 0.1) is 11.3 Å². The van der Waals surface area contributed by atoms with Crippen LogP contribution < -0.4 is 4.74 Å². The summed E-state index contributed by atoms with van der Waals surface area (Å²) in [5.74, 6) is 0.597. The van der Waals surface area contributed by atoms with Crippen LogP contribution in [0.3, 0.4) is 0 Å². The van der Waals surface area contributed by atoms with Gasteiger partial charge in [-0.1, -0.05) is 11.6 Å². The number of hydrogen-bond acceptors (Lipinski definition) is 3. The maximum absolute atomic E-state index is 11.7. The Morgan fingerprint density at radius 1 is 1.50 bits per heavy atom. The van der Waals surface area contributed by atoms with Crippen LogP contribution in [0.1, 0.15) is 25.0 Å². The first-order valence-corrected chi connectivity index (χ1v) is 5.26. The molecular formula is C12H10ClNO2. The molecule has 1 aliphatic heterocycles. The van der Waals surface area contributed by atoms with Gasteiger partial charge in [0.15, 0.2) is 11.4 Å². The number of hydrogen-bond donors (Lipinski definition) is 0. The molecule has 0 aromatic heterocycles. The van der Waals surface area contributed by atoms with Crippen LogP contribution in [0.4, 0.5) is 0 Å². The first kappa shape index (κ1) is 11.0. The van der Waals surface area contributed by atoms with E-state index in [0.29, 0.717) is 16.3 Å². The third-order valence-corrected chi connectivity index (χ3v) is 2.97. The van der Waals surface area contributed by atoms with Crippen LogP contribution in [-0.2, 0) is 11.2 Å². The summed E-state index contributed by atoms with van der Waals surface area (Å²) in [5.41, 5.74) is 0.284. The Labute approximate surface area is 98.6 Å². The number of nitrogens with zero attached hydrogens (tertiary/aromatic N) is 1. The van der Waals surface area contributed by atoms with Gasteiger partial charge in [-0.15, -0.1) is 0 Å². The highest BCUT2D eigenvalue weighted by atomic mass is 35.5. The number of ketones is 1. The van der Waals surface area contributed by atoms with Crippen molar-refractivity contribution in [2.24, 2.45) is 0 Å². The Morgan fingerprint density at radius 2 is 2.19 bits per heavy atom. The molecule has 16 heavy (non-hydrogen) atoms. The lowest BCUT2D eigenvalue weighted by atomic mass is 9.92. The quantitative estimate of drug-likeness (QED) is 0.694. The van der Waals surface area contributed by atoms with Crippen molar-refractivity contribution in [3.63, 3.8) is 0 Å². The number of carbonyl (C=O) groups is 1. The third-order valence-electron chi connectivity index (χ3n) is 2.66. The number of Topliss-reactive ketones (excluding diaryl/α,β-unsaturated/α-hetero) is 1. The van der Waals surface area contributed by atoms with Gasteiger partial charge in [-0.05, 0) is 19.9 Å². The maximum atomic E-state index is 11.7. The molecular weight excluding hydrogens is 226 g/mol. The molecule has 1 aliphatic rings. The molecule has 4 heteroatoms. The van der Waals surface area contributed by atoms with Gasteiger partial charge < -0.3 is 4.74 Å². The molecule has 0 aliphatic carbocycles. The normalized spacial score (nSPS) is 17.2. The first-order chi connectivity index (χ1) is 7.44. The van der Waals surface area contributed by atoms with E-state index in [4.69, 9.17) is 21.6 Å². The number of nitriles is 1. The van der Waals surface area contributed by atoms with E-state index in [1.807, 2.05) is 6.07 Å². The Bertz CT molecular complexity index is 514. The topological polar surface area (TPSA) is 50.1 Å². The van der Waals surface area contributed by atoms with Gasteiger partial charge in [0.25, 0.3) is 0 Å². The second-order valence-electron chi connectivity index (χ2n) is 4.26. The smallest absolute Gasteiger partial charge is 0.180 e. The minimum atomic E-state index is -0.815. The highest BCUT2D eigenvalue weighted by Gasteiger charge is 2.35. The van der Waals surface area contributed by atoms with Crippen LogP contribution in [0.2, 0.25) is 5.02 Å². The van der Waals surface area contributed by atoms with E-state index < -0.39 is 5.60 Å². The van der Waals surface area contributed by atoms with Gasteiger partial charge in [-0.3, -0.25) is 4.79 Å². The zero-order valence-electron chi connectivity index (χ0n) is 9.00. The average Bonchev–Trinajstić information content (AvgIpc) is 2.19. The molecule has 3 nitrogen and oxygen atoms in total. The van der Waals surface area contributed by atoms with Gasteiger partial charge in [-0.25, -0.2) is 0 Å². The molecule has 82 valence electrons. The highest BCUT2D eigenvalue weighted by molar-refractivity contribution is 6.31. The standard InChI is InChI=1S/C12H10ClNO2/c1-12(2)11(15)4-7-3-8(6-14)9(13)5-10(7)16-12/h3,5H,4H2,1-2H3. The first-order valence-electron chi connectivity index (χ1n) is 4.89. The van der Waals surface area contributed by atoms with Crippen molar-refractivity contribution in [2.75, 3.05) is 0 Å². The van der Waals surface area contributed by atoms with Gasteiger partial charge in [-0.2, -0.15) is 5.26 Å². The van der Waals surface area contributed by atoms with E-state index in [0.717, 1.165) is 5.56 Å². The number of ether oxygens (including phenoxy) is 1. The summed E-state index contributed by atoms with van der Waals surface area (Å²) in [4.78, 5) is 11.7. The number of carbonyl (C=O) groups excluding carboxylic acids is 1. The zero-order chi connectivity index (χ0) is 11.9. The van der Waals surface area contributed by atoms with Crippen molar-refractivity contribution >= 4 is 17.4 Å². The summed E-state index contributed by atoms with van der Waals surface area (Å²) < 4.78 is 5.57. The molecule has 0 spiro atoms. The number of rotatable bonds is 0. The molecule has 0 fully saturated rings. The molecule has 1 aromatic rings. The maximum Gasteiger partial charge on any atom is 0.180 e. The van der Waals surface area contributed by atoms with Crippen molar-refractivity contribution in [3.8, 4) is 11.8 Å². The zero-order valence-corrected chi connectivity index (χ0v) is 9.76. The second kappa shape index (κ2) is 3.50. The average molecular weight is 236 g/mol. The fourth-order valence-electron chi connectivity index (χ4n) is 1.64. The van der Waals surface area contributed by atoms with Gasteiger partial charge in [0.2, 0.25) is 0 Å². The second-order valence-corrected chi connectivity index (χ2v) is 4.67. The van der Waals surface area contributed by atoms with Crippen LogP contribution in [-0.4, -0.2) is 11.4 Å². The van der Waals surface area contributed by atoms with Crippen LogP contribution in [0.5, 0.6) is 5.75 Å². The van der Waals surface area contributed by atoms with E-state index in [-0.39, 0.29) is 12.2 Å². The van der Waals surface area contributed by atoms with Gasteiger partial charge in [0, 0.05) is 18.1 Å². The monoisotopic (exact) mass is 235 g/mol. The molecule has 0 N–H and O–H groups in total. The molecule has 0 unspecified atom stereocenters. The molecule has 0 bridgehead atoms. The Balaban J connectivity index is 2.54. The predicted molar refractivity (Wildman–Crippen MR) is 59.6 cm³/mol. The molecule has 0 saturated heterocycles. The highest BCUT2D eigenvalue weighted by Crippen LogP contribution is 2.34. The molecule has 0 saturated carbocycles. The summed E-state index contributed by atoms with van der Waals surface area (Å²) in [6, 6.07) is 5.20. The minimum absolute atomic E-state index is 0.00575. The lowest BCUT2D eigenvalue weighted by molar-refractivity contribution is -0.132. The van der Waals surface area contributed by atoms with Crippen molar-refractivity contribution in [2.45, 2.75) is 25.9 Å². The lowest BCUT2D eigenvalue weighted by Crippen LogP contribution is -2.42. The van der Waals surface area contributed by atoms with E-state index in [1.165, 1.54) is 0 Å². The lowest BCUT2D eigenvalue weighted by Gasteiger charge is -2.31. The summed E-state index contributed by atoms with van der Waals surface area (Å²) in [6.45, 7) is 3.45. The van der Waals surface area contributed by atoms with Crippen LogP contribution in [0.25, 0.3) is 0 Å². The van der Waals surface area contributed by atoms with Crippen LogP contribution >= 0.6 is 11.6 Å². The van der Waals surface area contributed by atoms with Crippen molar-refractivity contribution in [1.82, 2.24) is 0 Å². The van der Waals surface area contributed by atoms with Gasteiger partial charge in [0.1, 0.15) is 11.8 Å². The summed E-state index contributed by atoms with van der Waals surface area (Å²) in [6.07, 6.45) is 0.286. The Kier molecular flexibility index (Phi) is 2.40. The largest absolute Gasteiger partial charge is 0.480 e. The predicted octanol–water partition coefficient (Wildman–Crippen LogP) is 2.49. The van der Waals surface area contributed by atoms with E-state index in [1.54, 1.807) is 26.0 Å². The molecule has 0 atom stereocenters. The third kappa shape index (κ3) is 1.66. The molecule has 2 rings (SSSR count). The Morgan fingerprint density at radius 3 is 2.81 bits per heavy atom. The molecule has 1 aromatic carbocycles. The van der Waals surface area contributed by atoms with Crippen molar-refractivity contribution < 1.29 is 9.53 Å². The fourth-order valence-corrected chi connectivity index (χ4v) is 1.83. The minimum Gasteiger partial charge on any atom is -0.480 e. The van der Waals surface area contributed by atoms with E-state index >= 15 is 0 Å². The Hall–Kier alpha value is -1.53. The van der Waals surface area contributed by atoms with Crippen LogP contribution in [0.15, 0.2) is 12.1 Å². The molecule has 1 heterocycles. The number of benzene rings is 1. The van der Waals surface area contributed by atoms with Crippen molar-refractivity contribution in [1.29, 1.82) is 5.26 Å². The van der Waals surface area contributed by atoms with Crippen molar-refractivity contribution in [3.05, 3.63) is 28.3 Å². The van der Waals surface area contributed by atoms with Gasteiger partial charge in [0.05, 0.1) is 10.6 Å². The summed E-state index contributed by atoms with van der Waals surface area (Å²) in [5, 5.41) is 9.18. The summed E-state index contributed by atoms with van der Waals surface area (Å²) >= 11 is 5.90. The molecule has 0 amide bonds. The fraction of sp³-hybridized carbons (Fsp3) is 0.333. The summed E-state index contributed by atoms with van der Waals surface area (Å²) in [7, 11) is 0. The number of halogens is 1. The van der Waals surface area contributed by atoms with Gasteiger partial charge >= 0.3 is 0 Å². The number of fused-ring (bicyclic) bond motifs is 1. The van der Waals surface area contributed by atoms with E-state index in [9.17, 15) is 4.79 Å². The van der Waals surface area contributed by atoms with E-state index in [2.05, 4.69) is 0 Å². The SMILES string of the molecule is CC1(C)Oc2cc(Cl)c(C#N)cc2CC1=O.